The van der Waals surface area contributed by atoms with Gasteiger partial charge in [0.25, 0.3) is 10.1 Å². The van der Waals surface area contributed by atoms with Crippen molar-refractivity contribution in [2.24, 2.45) is 0 Å². The molecule has 0 aromatic heterocycles. The van der Waals surface area contributed by atoms with Crippen molar-refractivity contribution in [1.82, 2.24) is 0 Å². The zero-order valence-electron chi connectivity index (χ0n) is 17.9. The van der Waals surface area contributed by atoms with Gasteiger partial charge >= 0.3 is 5.97 Å². The van der Waals surface area contributed by atoms with Crippen LogP contribution in [-0.2, 0) is 14.9 Å². The SMILES string of the molecule is CCCCCCCCCCCCC(CCCS(=O)(=O)O)(C(=O)O)[N+](C)(C)C. The molecule has 2 N–H and O–H groups in total. The van der Waals surface area contributed by atoms with E-state index in [0.29, 0.717) is 6.42 Å². The number of hydrogen-bond donors (Lipinski definition) is 2. The third kappa shape index (κ3) is 11.1. The lowest BCUT2D eigenvalue weighted by Gasteiger charge is -2.43. The first-order valence-electron chi connectivity index (χ1n) is 10.5. The normalized spacial score (nSPS) is 14.9. The van der Waals surface area contributed by atoms with Crippen LogP contribution in [0, 0.1) is 0 Å². The molecular weight excluding hydrogens is 366 g/mol. The Morgan fingerprint density at radius 1 is 0.815 bits per heavy atom. The van der Waals surface area contributed by atoms with E-state index in [1.165, 1.54) is 44.9 Å². The standard InChI is InChI=1S/C20H41NO5S/c1-5-6-7-8-9-10-11-12-13-14-16-20(19(22)23,21(2,3)4)17-15-18-27(24,25)26/h5-18H2,1-4H3,(H-,22,23,24,25,26)/p+1. The molecule has 0 saturated carbocycles. The highest BCUT2D eigenvalue weighted by Crippen LogP contribution is 2.32. The van der Waals surface area contributed by atoms with Crippen LogP contribution >= 0.6 is 0 Å². The average molecular weight is 409 g/mol. The summed E-state index contributed by atoms with van der Waals surface area (Å²) < 4.78 is 31.1. The molecule has 0 aromatic carbocycles. The van der Waals surface area contributed by atoms with Gasteiger partial charge in [-0.05, 0) is 12.8 Å². The number of carboxylic acids is 1. The van der Waals surface area contributed by atoms with E-state index in [1.807, 2.05) is 21.1 Å². The highest BCUT2D eigenvalue weighted by Gasteiger charge is 2.49. The fraction of sp³-hybridized carbons (Fsp3) is 0.950. The summed E-state index contributed by atoms with van der Waals surface area (Å²) in [6.45, 7) is 2.22. The van der Waals surface area contributed by atoms with Gasteiger partial charge in [-0.1, -0.05) is 64.7 Å². The van der Waals surface area contributed by atoms with Gasteiger partial charge in [-0.15, -0.1) is 0 Å². The first kappa shape index (κ1) is 26.3. The van der Waals surface area contributed by atoms with E-state index < -0.39 is 21.6 Å². The molecule has 0 heterocycles. The minimum atomic E-state index is -4.06. The van der Waals surface area contributed by atoms with Gasteiger partial charge in [0.1, 0.15) is 0 Å². The number of unbranched alkanes of at least 4 members (excludes halogenated alkanes) is 9. The molecule has 0 aliphatic rings. The predicted molar refractivity (Wildman–Crippen MR) is 111 cm³/mol. The van der Waals surface area contributed by atoms with Crippen molar-refractivity contribution in [3.05, 3.63) is 0 Å². The minimum absolute atomic E-state index is 0.151. The zero-order valence-corrected chi connectivity index (χ0v) is 18.7. The number of nitrogens with zero attached hydrogens (tertiary/aromatic N) is 1. The summed E-state index contributed by atoms with van der Waals surface area (Å²) in [5, 5.41) is 9.90. The second-order valence-corrected chi connectivity index (χ2v) is 10.2. The molecule has 0 amide bonds. The highest BCUT2D eigenvalue weighted by molar-refractivity contribution is 7.85. The van der Waals surface area contributed by atoms with Gasteiger partial charge < -0.3 is 9.59 Å². The first-order chi connectivity index (χ1) is 12.5. The second kappa shape index (κ2) is 12.7. The number of hydrogen-bond acceptors (Lipinski definition) is 3. The molecule has 0 saturated heterocycles. The van der Waals surface area contributed by atoms with E-state index in [9.17, 15) is 18.3 Å². The lowest BCUT2D eigenvalue weighted by molar-refractivity contribution is -0.915. The molecule has 0 bridgehead atoms. The molecule has 162 valence electrons. The van der Waals surface area contributed by atoms with Crippen LogP contribution in [0.1, 0.15) is 90.4 Å². The van der Waals surface area contributed by atoms with E-state index in [-0.39, 0.29) is 23.1 Å². The lowest BCUT2D eigenvalue weighted by atomic mass is 9.84. The molecule has 0 aliphatic heterocycles. The maximum absolute atomic E-state index is 12.1. The molecular formula is C20H42NO5S+. The van der Waals surface area contributed by atoms with Crippen LogP contribution in [0.5, 0.6) is 0 Å². The number of carbonyl (C=O) groups is 1. The van der Waals surface area contributed by atoms with Crippen molar-refractivity contribution >= 4 is 16.1 Å². The number of carboxylic acid groups (broad SMARTS) is 1. The molecule has 0 aromatic rings. The Bertz CT molecular complexity index is 513. The lowest BCUT2D eigenvalue weighted by Crippen LogP contribution is -2.62. The largest absolute Gasteiger partial charge is 0.477 e. The van der Waals surface area contributed by atoms with E-state index in [0.717, 1.165) is 19.3 Å². The Kier molecular flexibility index (Phi) is 12.4. The fourth-order valence-corrected chi connectivity index (χ4v) is 4.26. The number of aliphatic carboxylic acids is 1. The van der Waals surface area contributed by atoms with Gasteiger partial charge in [-0.25, -0.2) is 4.79 Å². The topological polar surface area (TPSA) is 91.7 Å². The van der Waals surface area contributed by atoms with Crippen molar-refractivity contribution in [3.8, 4) is 0 Å². The Balaban J connectivity index is 4.43. The molecule has 1 atom stereocenters. The highest BCUT2D eigenvalue weighted by atomic mass is 32.2. The van der Waals surface area contributed by atoms with Gasteiger partial charge in [-0.3, -0.25) is 4.55 Å². The fourth-order valence-electron chi connectivity index (χ4n) is 3.75. The molecule has 0 aliphatic carbocycles. The monoisotopic (exact) mass is 408 g/mol. The first-order valence-corrected chi connectivity index (χ1v) is 12.1. The number of likely N-dealkylation sites (N-methyl/N-ethyl adjacent to an activating group) is 1. The van der Waals surface area contributed by atoms with Crippen LogP contribution in [0.2, 0.25) is 0 Å². The summed E-state index contributed by atoms with van der Waals surface area (Å²) in [7, 11) is 1.47. The molecule has 0 rings (SSSR count). The number of quaternary nitrogens is 1. The summed E-state index contributed by atoms with van der Waals surface area (Å²) in [6, 6.07) is 0. The van der Waals surface area contributed by atoms with Crippen molar-refractivity contribution in [3.63, 3.8) is 0 Å². The third-order valence-corrected chi connectivity index (χ3v) is 6.42. The molecule has 6 nitrogen and oxygen atoms in total. The maximum atomic E-state index is 12.1. The summed E-state index contributed by atoms with van der Waals surface area (Å²) in [5.74, 6) is -1.28. The van der Waals surface area contributed by atoms with Crippen molar-refractivity contribution in [2.45, 2.75) is 95.9 Å². The predicted octanol–water partition coefficient (Wildman–Crippen LogP) is 4.50. The van der Waals surface area contributed by atoms with Gasteiger partial charge in [0, 0.05) is 12.8 Å². The van der Waals surface area contributed by atoms with Gasteiger partial charge in [0.15, 0.2) is 5.54 Å². The Morgan fingerprint density at radius 2 is 1.22 bits per heavy atom. The van der Waals surface area contributed by atoms with Gasteiger partial charge in [0.05, 0.1) is 26.9 Å². The zero-order chi connectivity index (χ0) is 21.0. The van der Waals surface area contributed by atoms with Gasteiger partial charge in [-0.2, -0.15) is 8.42 Å². The van der Waals surface area contributed by atoms with Crippen LogP contribution in [0.15, 0.2) is 0 Å². The quantitative estimate of drug-likeness (QED) is 0.210. The summed E-state index contributed by atoms with van der Waals surface area (Å²) >= 11 is 0. The summed E-state index contributed by atoms with van der Waals surface area (Å²) in [4.78, 5) is 12.1. The molecule has 7 heteroatoms. The van der Waals surface area contributed by atoms with Crippen molar-refractivity contribution < 1.29 is 27.4 Å². The molecule has 0 fully saturated rings. The van der Waals surface area contributed by atoms with Crippen LogP contribution < -0.4 is 0 Å². The average Bonchev–Trinajstić information content (AvgIpc) is 2.52. The van der Waals surface area contributed by atoms with E-state index in [4.69, 9.17) is 4.55 Å². The number of rotatable bonds is 17. The molecule has 27 heavy (non-hydrogen) atoms. The molecule has 0 spiro atoms. The van der Waals surface area contributed by atoms with Crippen molar-refractivity contribution in [1.29, 1.82) is 0 Å². The summed E-state index contributed by atoms with van der Waals surface area (Å²) in [6.07, 6.45) is 12.8. The van der Waals surface area contributed by atoms with Crippen LogP contribution in [0.3, 0.4) is 0 Å². The van der Waals surface area contributed by atoms with Gasteiger partial charge in [0.2, 0.25) is 0 Å². The van der Waals surface area contributed by atoms with E-state index in [2.05, 4.69) is 6.92 Å². The van der Waals surface area contributed by atoms with Crippen LogP contribution in [-0.4, -0.2) is 61.0 Å². The van der Waals surface area contributed by atoms with E-state index in [1.54, 1.807) is 0 Å². The molecule has 1 unspecified atom stereocenters. The maximum Gasteiger partial charge on any atom is 0.365 e. The minimum Gasteiger partial charge on any atom is -0.477 e. The van der Waals surface area contributed by atoms with Crippen LogP contribution in [0.4, 0.5) is 0 Å². The van der Waals surface area contributed by atoms with Crippen LogP contribution in [0.25, 0.3) is 0 Å². The Hall–Kier alpha value is -0.660. The summed E-state index contributed by atoms with van der Waals surface area (Å²) in [5.41, 5.74) is -1.02. The van der Waals surface area contributed by atoms with Crippen molar-refractivity contribution in [2.75, 3.05) is 26.9 Å². The molecule has 0 radical (unpaired) electrons. The third-order valence-electron chi connectivity index (χ3n) is 5.62. The Labute approximate surface area is 166 Å². The van der Waals surface area contributed by atoms with E-state index >= 15 is 0 Å². The smallest absolute Gasteiger partial charge is 0.365 e. The second-order valence-electron chi connectivity index (χ2n) is 8.67. The Morgan fingerprint density at radius 3 is 1.59 bits per heavy atom.